The number of anilines is 1. The van der Waals surface area contributed by atoms with Crippen molar-refractivity contribution in [1.29, 1.82) is 0 Å². The molecule has 3 aromatic rings. The summed E-state index contributed by atoms with van der Waals surface area (Å²) in [6.45, 7) is 1.55. The highest BCUT2D eigenvalue weighted by Gasteiger charge is 2.67. The summed E-state index contributed by atoms with van der Waals surface area (Å²) in [4.78, 5) is 28.9. The predicted molar refractivity (Wildman–Crippen MR) is 121 cm³/mol. The van der Waals surface area contributed by atoms with Gasteiger partial charge in [0.25, 0.3) is 0 Å². The van der Waals surface area contributed by atoms with Crippen molar-refractivity contribution in [3.63, 3.8) is 0 Å². The third kappa shape index (κ3) is 3.24. The quantitative estimate of drug-likeness (QED) is 0.457. The number of rotatable bonds is 7. The van der Waals surface area contributed by atoms with E-state index in [4.69, 9.17) is 9.47 Å². The van der Waals surface area contributed by atoms with Crippen molar-refractivity contribution in [3.05, 3.63) is 90.0 Å². The first-order chi connectivity index (χ1) is 15.4. The zero-order chi connectivity index (χ0) is 22.9. The molecule has 1 heterocycles. The Balaban J connectivity index is 1.87. The van der Waals surface area contributed by atoms with Crippen molar-refractivity contribution in [1.82, 2.24) is 0 Å². The van der Waals surface area contributed by atoms with E-state index < -0.39 is 17.6 Å². The Hall–Kier alpha value is -3.64. The second kappa shape index (κ2) is 8.48. The van der Waals surface area contributed by atoms with Gasteiger partial charge in [0.1, 0.15) is 23.0 Å². The van der Waals surface area contributed by atoms with Gasteiger partial charge in [-0.05, 0) is 48.9 Å². The van der Waals surface area contributed by atoms with Crippen LogP contribution >= 0.6 is 0 Å². The number of aliphatic hydroxyl groups is 1. The van der Waals surface area contributed by atoms with Crippen molar-refractivity contribution in [2.24, 2.45) is 0 Å². The van der Waals surface area contributed by atoms with Crippen molar-refractivity contribution < 1.29 is 24.2 Å². The number of carbonyl (C=O) groups excluding carboxylic acids is 2. The zero-order valence-electron chi connectivity index (χ0n) is 18.2. The number of amides is 1. The summed E-state index contributed by atoms with van der Waals surface area (Å²) < 4.78 is 10.5. The number of methoxy groups -OCH3 is 2. The molecule has 0 aromatic heterocycles. The van der Waals surface area contributed by atoms with Crippen LogP contribution in [0.2, 0.25) is 0 Å². The molecule has 1 N–H and O–H groups in total. The maximum absolute atomic E-state index is 13.7. The first-order valence-corrected chi connectivity index (χ1v) is 10.3. The third-order valence-corrected chi connectivity index (χ3v) is 6.15. The number of ether oxygens (including phenoxy) is 2. The summed E-state index contributed by atoms with van der Waals surface area (Å²) in [5.41, 5.74) is 0.188. The molecule has 0 aliphatic carbocycles. The molecule has 0 radical (unpaired) electrons. The van der Waals surface area contributed by atoms with Crippen LogP contribution in [0.1, 0.15) is 22.8 Å². The maximum Gasteiger partial charge on any atom is 0.243 e. The molecule has 1 saturated heterocycles. The molecule has 3 atom stereocenters. The summed E-state index contributed by atoms with van der Waals surface area (Å²) in [6, 6.07) is 21.8. The van der Waals surface area contributed by atoms with Crippen LogP contribution in [0.15, 0.2) is 78.9 Å². The predicted octanol–water partition coefficient (Wildman–Crippen LogP) is 3.62. The van der Waals surface area contributed by atoms with E-state index in [0.29, 0.717) is 28.3 Å². The first kappa shape index (κ1) is 21.6. The van der Waals surface area contributed by atoms with Gasteiger partial charge in [-0.1, -0.05) is 42.5 Å². The lowest BCUT2D eigenvalue weighted by Gasteiger charge is -2.56. The van der Waals surface area contributed by atoms with Crippen LogP contribution in [0.5, 0.6) is 11.5 Å². The molecule has 6 nitrogen and oxygen atoms in total. The second-order valence-electron chi connectivity index (χ2n) is 7.78. The smallest absolute Gasteiger partial charge is 0.243 e. The van der Waals surface area contributed by atoms with Crippen molar-refractivity contribution >= 4 is 17.4 Å². The average Bonchev–Trinajstić information content (AvgIpc) is 2.83. The Bertz CT molecular complexity index is 1110. The van der Waals surface area contributed by atoms with Crippen LogP contribution in [-0.4, -0.2) is 43.2 Å². The number of carbonyl (C=O) groups is 2. The van der Waals surface area contributed by atoms with Gasteiger partial charge in [0.15, 0.2) is 5.78 Å². The zero-order valence-corrected chi connectivity index (χ0v) is 18.2. The van der Waals surface area contributed by atoms with Gasteiger partial charge in [-0.25, -0.2) is 0 Å². The van der Waals surface area contributed by atoms with Crippen LogP contribution in [0.3, 0.4) is 0 Å². The monoisotopic (exact) mass is 431 g/mol. The summed E-state index contributed by atoms with van der Waals surface area (Å²) >= 11 is 0. The molecule has 1 aliphatic heterocycles. The van der Waals surface area contributed by atoms with E-state index in [1.54, 1.807) is 93.9 Å². The van der Waals surface area contributed by atoms with Crippen LogP contribution in [0.25, 0.3) is 0 Å². The third-order valence-electron chi connectivity index (χ3n) is 6.15. The average molecular weight is 431 g/mol. The minimum atomic E-state index is -1.42. The topological polar surface area (TPSA) is 76.1 Å². The molecule has 1 amide bonds. The Kier molecular flexibility index (Phi) is 5.72. The molecular weight excluding hydrogens is 406 g/mol. The maximum atomic E-state index is 13.7. The van der Waals surface area contributed by atoms with Gasteiger partial charge in [-0.3, -0.25) is 14.5 Å². The fourth-order valence-corrected chi connectivity index (χ4v) is 4.46. The lowest BCUT2D eigenvalue weighted by atomic mass is 9.60. The number of β-lactam (4-membered cyclic amide) rings is 1. The Labute approximate surface area is 187 Å². The number of benzene rings is 3. The minimum absolute atomic E-state index is 0.238. The molecule has 6 heteroatoms. The molecule has 1 aliphatic rings. The van der Waals surface area contributed by atoms with Gasteiger partial charge in [0.2, 0.25) is 5.91 Å². The van der Waals surface area contributed by atoms with E-state index >= 15 is 0 Å². The molecule has 0 unspecified atom stereocenters. The van der Waals surface area contributed by atoms with Crippen LogP contribution in [-0.2, 0) is 10.2 Å². The van der Waals surface area contributed by atoms with Crippen LogP contribution in [0.4, 0.5) is 5.69 Å². The van der Waals surface area contributed by atoms with Gasteiger partial charge in [0, 0.05) is 11.3 Å². The molecule has 0 bridgehead atoms. The number of hydrogen-bond donors (Lipinski definition) is 1. The molecule has 0 spiro atoms. The van der Waals surface area contributed by atoms with E-state index in [2.05, 4.69) is 0 Å². The number of aliphatic hydroxyl groups excluding tert-OH is 1. The SMILES string of the molecule is COc1ccc(N2C(=O)[C@](c3ccc(OC)cc3)([C@@H](C)O)[C@H]2C(=O)c2ccccc2)cc1. The van der Waals surface area contributed by atoms with Gasteiger partial charge in [-0.2, -0.15) is 0 Å². The largest absolute Gasteiger partial charge is 0.497 e. The molecule has 3 aromatic carbocycles. The molecule has 1 fully saturated rings. The molecule has 32 heavy (non-hydrogen) atoms. The lowest BCUT2D eigenvalue weighted by molar-refractivity contribution is -0.137. The van der Waals surface area contributed by atoms with Gasteiger partial charge in [0.05, 0.1) is 20.3 Å². The molecular formula is C26H25NO5. The summed E-state index contributed by atoms with van der Waals surface area (Å²) in [5, 5.41) is 10.9. The van der Waals surface area contributed by atoms with Crippen molar-refractivity contribution in [2.75, 3.05) is 19.1 Å². The standard InChI is InChI=1S/C26H25NO5/c1-17(28)26(19-9-13-21(31-2)14-10-19)24(23(29)18-7-5-4-6-8-18)27(25(26)30)20-11-15-22(32-3)16-12-20/h4-17,24,28H,1-3H3/t17-,24-,26+/m1/s1. The van der Waals surface area contributed by atoms with Gasteiger partial charge in [-0.15, -0.1) is 0 Å². The lowest BCUT2D eigenvalue weighted by Crippen LogP contribution is -2.78. The van der Waals surface area contributed by atoms with Gasteiger partial charge >= 0.3 is 0 Å². The Morgan fingerprint density at radius 1 is 0.906 bits per heavy atom. The van der Waals surface area contributed by atoms with Crippen LogP contribution in [0, 0.1) is 0 Å². The highest BCUT2D eigenvalue weighted by molar-refractivity contribution is 6.22. The highest BCUT2D eigenvalue weighted by atomic mass is 16.5. The minimum Gasteiger partial charge on any atom is -0.497 e. The van der Waals surface area contributed by atoms with E-state index in [0.717, 1.165) is 0 Å². The Morgan fingerprint density at radius 3 is 1.94 bits per heavy atom. The molecule has 4 rings (SSSR count). The first-order valence-electron chi connectivity index (χ1n) is 10.3. The highest BCUT2D eigenvalue weighted by Crippen LogP contribution is 2.49. The fraction of sp³-hybridized carbons (Fsp3) is 0.231. The van der Waals surface area contributed by atoms with Gasteiger partial charge < -0.3 is 14.6 Å². The number of hydrogen-bond acceptors (Lipinski definition) is 5. The second-order valence-corrected chi connectivity index (χ2v) is 7.78. The fourth-order valence-electron chi connectivity index (χ4n) is 4.46. The van der Waals surface area contributed by atoms with E-state index in [-0.39, 0.29) is 11.7 Å². The number of Topliss-reactive ketones (excluding diaryl/α,β-unsaturated/α-hetero) is 1. The van der Waals surface area contributed by atoms with E-state index in [1.807, 2.05) is 6.07 Å². The van der Waals surface area contributed by atoms with Crippen molar-refractivity contribution in [3.8, 4) is 11.5 Å². The van der Waals surface area contributed by atoms with E-state index in [9.17, 15) is 14.7 Å². The van der Waals surface area contributed by atoms with Crippen LogP contribution < -0.4 is 14.4 Å². The normalized spacial score (nSPS) is 20.9. The number of ketones is 1. The molecule has 0 saturated carbocycles. The summed E-state index contributed by atoms with van der Waals surface area (Å²) in [5.74, 6) is 0.693. The summed E-state index contributed by atoms with van der Waals surface area (Å²) in [6.07, 6.45) is -1.10. The Morgan fingerprint density at radius 2 is 1.44 bits per heavy atom. The van der Waals surface area contributed by atoms with E-state index in [1.165, 1.54) is 4.90 Å². The molecule has 164 valence electrons. The number of nitrogens with zero attached hydrogens (tertiary/aromatic N) is 1. The van der Waals surface area contributed by atoms with Crippen molar-refractivity contribution in [2.45, 2.75) is 24.5 Å². The summed E-state index contributed by atoms with van der Waals surface area (Å²) in [7, 11) is 3.12.